The summed E-state index contributed by atoms with van der Waals surface area (Å²) in [5, 5.41) is 0. The molecule has 0 saturated heterocycles. The number of carbonyl (C=O) groups excluding carboxylic acids is 2. The van der Waals surface area contributed by atoms with Gasteiger partial charge >= 0.3 is 15.9 Å². The SMILES string of the molecule is C=CCc1cccc(-c2cccc(CC=C)c2C(=O)OC(Cl)(Cl)Cl)c1OC(=O)C(Cl)(Cl)Cl. The summed E-state index contributed by atoms with van der Waals surface area (Å²) >= 11 is 34.1. The predicted octanol–water partition coefficient (Wildman–Crippen LogP) is 7.57. The molecule has 10 heteroatoms. The molecule has 0 spiro atoms. The number of carbonyl (C=O) groups is 2. The predicted molar refractivity (Wildman–Crippen MR) is 131 cm³/mol. The first-order valence-corrected chi connectivity index (χ1v) is 11.2. The lowest BCUT2D eigenvalue weighted by Crippen LogP contribution is -2.25. The maximum Gasteiger partial charge on any atom is 0.363 e. The first-order valence-electron chi connectivity index (χ1n) is 8.94. The van der Waals surface area contributed by atoms with Crippen molar-refractivity contribution >= 4 is 81.5 Å². The number of benzene rings is 2. The minimum atomic E-state index is -2.32. The molecular weight excluding hydrogens is 541 g/mol. The molecule has 0 radical (unpaired) electrons. The van der Waals surface area contributed by atoms with E-state index in [1.807, 2.05) is 0 Å². The highest BCUT2D eigenvalue weighted by atomic mass is 35.6. The van der Waals surface area contributed by atoms with Gasteiger partial charge in [-0.2, -0.15) is 0 Å². The Hall–Kier alpha value is -1.40. The van der Waals surface area contributed by atoms with Crippen LogP contribution in [0.2, 0.25) is 0 Å². The summed E-state index contributed by atoms with van der Waals surface area (Å²) in [6, 6.07) is 10.1. The van der Waals surface area contributed by atoms with Gasteiger partial charge in [-0.05, 0) is 58.8 Å². The van der Waals surface area contributed by atoms with E-state index < -0.39 is 19.7 Å². The zero-order valence-corrected chi connectivity index (χ0v) is 20.9. The van der Waals surface area contributed by atoms with E-state index in [0.717, 1.165) is 0 Å². The third kappa shape index (κ3) is 7.05. The molecule has 0 unspecified atom stereocenters. The van der Waals surface area contributed by atoms with E-state index in [9.17, 15) is 9.59 Å². The quantitative estimate of drug-likeness (QED) is 0.153. The molecule has 0 aliphatic rings. The lowest BCUT2D eigenvalue weighted by Gasteiger charge is -2.20. The molecule has 0 aliphatic heterocycles. The van der Waals surface area contributed by atoms with Crippen molar-refractivity contribution in [2.24, 2.45) is 0 Å². The topological polar surface area (TPSA) is 52.6 Å². The molecule has 0 N–H and O–H groups in total. The normalized spacial score (nSPS) is 11.6. The molecule has 0 heterocycles. The second-order valence-electron chi connectivity index (χ2n) is 6.34. The van der Waals surface area contributed by atoms with Crippen LogP contribution >= 0.6 is 69.6 Å². The first-order chi connectivity index (χ1) is 14.9. The molecule has 2 aromatic rings. The summed E-state index contributed by atoms with van der Waals surface area (Å²) in [7, 11) is 0. The van der Waals surface area contributed by atoms with Crippen molar-refractivity contribution in [1.82, 2.24) is 0 Å². The Balaban J connectivity index is 2.79. The molecule has 0 fully saturated rings. The largest absolute Gasteiger partial charge is 0.422 e. The number of esters is 2. The van der Waals surface area contributed by atoms with Gasteiger partial charge in [0.05, 0.1) is 5.56 Å². The average Bonchev–Trinajstić information content (AvgIpc) is 2.67. The van der Waals surface area contributed by atoms with Crippen molar-refractivity contribution in [3.05, 3.63) is 78.4 Å². The molecule has 32 heavy (non-hydrogen) atoms. The van der Waals surface area contributed by atoms with E-state index in [1.165, 1.54) is 0 Å². The number of hydrogen-bond donors (Lipinski definition) is 0. The highest BCUT2D eigenvalue weighted by molar-refractivity contribution is 6.75. The monoisotopic (exact) mass is 554 g/mol. The van der Waals surface area contributed by atoms with E-state index in [-0.39, 0.29) is 11.3 Å². The zero-order chi connectivity index (χ0) is 24.1. The zero-order valence-electron chi connectivity index (χ0n) is 16.3. The molecule has 2 rings (SSSR count). The Morgan fingerprint density at radius 3 is 1.91 bits per heavy atom. The summed E-state index contributed by atoms with van der Waals surface area (Å²) in [5.41, 5.74) is 1.91. The number of alkyl halides is 6. The Morgan fingerprint density at radius 1 is 0.844 bits per heavy atom. The van der Waals surface area contributed by atoms with Crippen molar-refractivity contribution in [2.45, 2.75) is 20.6 Å². The Labute approximate surface area is 215 Å². The first kappa shape index (κ1) is 26.8. The maximum absolute atomic E-state index is 13.0. The summed E-state index contributed by atoms with van der Waals surface area (Å²) in [5.74, 6) is -1.93. The van der Waals surface area contributed by atoms with E-state index >= 15 is 0 Å². The van der Waals surface area contributed by atoms with Crippen LogP contribution in [0, 0.1) is 0 Å². The van der Waals surface area contributed by atoms with Crippen molar-refractivity contribution < 1.29 is 19.1 Å². The van der Waals surface area contributed by atoms with Crippen molar-refractivity contribution in [3.8, 4) is 16.9 Å². The maximum atomic E-state index is 13.0. The summed E-state index contributed by atoms with van der Waals surface area (Å²) in [6.07, 6.45) is 3.85. The molecular formula is C22H16Cl6O4. The number of para-hydroxylation sites is 1. The Bertz CT molecular complexity index is 1040. The summed E-state index contributed by atoms with van der Waals surface area (Å²) in [6.45, 7) is 7.41. The second kappa shape index (κ2) is 11.1. The van der Waals surface area contributed by atoms with Gasteiger partial charge < -0.3 is 9.47 Å². The van der Waals surface area contributed by atoms with Crippen LogP contribution in [0.4, 0.5) is 0 Å². The fourth-order valence-electron chi connectivity index (χ4n) is 2.93. The van der Waals surface area contributed by atoms with E-state index in [2.05, 4.69) is 13.2 Å². The fourth-order valence-corrected chi connectivity index (χ4v) is 3.26. The third-order valence-electron chi connectivity index (χ3n) is 4.10. The molecule has 0 atom stereocenters. The molecule has 170 valence electrons. The molecule has 2 aromatic carbocycles. The van der Waals surface area contributed by atoms with E-state index in [0.29, 0.717) is 35.1 Å². The number of ether oxygens (including phenoxy) is 2. The van der Waals surface area contributed by atoms with Crippen molar-refractivity contribution in [2.75, 3.05) is 0 Å². The molecule has 0 bridgehead atoms. The van der Waals surface area contributed by atoms with Gasteiger partial charge in [0.15, 0.2) is 0 Å². The van der Waals surface area contributed by atoms with Crippen LogP contribution in [0.15, 0.2) is 61.7 Å². The third-order valence-corrected chi connectivity index (χ3v) is 4.80. The van der Waals surface area contributed by atoms with Crippen LogP contribution in [0.1, 0.15) is 21.5 Å². The van der Waals surface area contributed by atoms with Gasteiger partial charge in [0, 0.05) is 11.1 Å². The second-order valence-corrected chi connectivity index (χ2v) is 10.8. The average molecular weight is 557 g/mol. The lowest BCUT2D eigenvalue weighted by molar-refractivity contribution is -0.133. The van der Waals surface area contributed by atoms with Gasteiger partial charge in [-0.1, -0.05) is 83.4 Å². The summed E-state index contributed by atoms with van der Waals surface area (Å²) in [4.78, 5) is 25.3. The fraction of sp³-hybridized carbons (Fsp3) is 0.182. The lowest BCUT2D eigenvalue weighted by atomic mass is 9.91. The number of halogens is 6. The van der Waals surface area contributed by atoms with Gasteiger partial charge in [-0.25, -0.2) is 9.59 Å². The Morgan fingerprint density at radius 2 is 1.38 bits per heavy atom. The molecule has 0 saturated carbocycles. The smallest absolute Gasteiger partial charge is 0.363 e. The van der Waals surface area contributed by atoms with Gasteiger partial charge in [-0.3, -0.25) is 0 Å². The van der Waals surface area contributed by atoms with Crippen molar-refractivity contribution in [3.63, 3.8) is 0 Å². The highest BCUT2D eigenvalue weighted by Gasteiger charge is 2.35. The van der Waals surface area contributed by atoms with Crippen LogP contribution in [-0.4, -0.2) is 19.7 Å². The van der Waals surface area contributed by atoms with Gasteiger partial charge in [0.2, 0.25) is 0 Å². The van der Waals surface area contributed by atoms with Crippen LogP contribution < -0.4 is 4.74 Å². The molecule has 4 nitrogen and oxygen atoms in total. The summed E-state index contributed by atoms with van der Waals surface area (Å²) < 4.78 is 5.81. The van der Waals surface area contributed by atoms with Crippen LogP contribution in [0.5, 0.6) is 5.75 Å². The van der Waals surface area contributed by atoms with E-state index in [1.54, 1.807) is 48.6 Å². The minimum Gasteiger partial charge on any atom is -0.422 e. The number of rotatable bonds is 7. The van der Waals surface area contributed by atoms with Gasteiger partial charge in [0.1, 0.15) is 5.75 Å². The standard InChI is InChI=1S/C22H16Cl6O4/c1-3-7-13-9-5-11-15(17(13)19(29)32-22(26,27)28)16-12-6-10-14(8-4-2)18(16)31-20(30)21(23,24)25/h3-6,9-12H,1-2,7-8H2. The molecule has 0 aliphatic carbocycles. The van der Waals surface area contributed by atoms with Crippen LogP contribution in [0.25, 0.3) is 11.1 Å². The minimum absolute atomic E-state index is 0.0856. The van der Waals surface area contributed by atoms with E-state index in [4.69, 9.17) is 79.1 Å². The number of hydrogen-bond acceptors (Lipinski definition) is 4. The number of allylic oxidation sites excluding steroid dienone is 2. The van der Waals surface area contributed by atoms with Crippen molar-refractivity contribution in [1.29, 1.82) is 0 Å². The molecule has 0 amide bonds. The molecule has 0 aromatic heterocycles. The van der Waals surface area contributed by atoms with Crippen LogP contribution in [0.3, 0.4) is 0 Å². The Kier molecular flexibility index (Phi) is 9.35. The van der Waals surface area contributed by atoms with Gasteiger partial charge in [0.25, 0.3) is 3.79 Å². The van der Waals surface area contributed by atoms with Crippen LogP contribution in [-0.2, 0) is 22.4 Å². The van der Waals surface area contributed by atoms with Gasteiger partial charge in [-0.15, -0.1) is 13.2 Å². The highest BCUT2D eigenvalue weighted by Crippen LogP contribution is 2.40.